The summed E-state index contributed by atoms with van der Waals surface area (Å²) in [4.78, 5) is 24.1. The molecule has 38 heavy (non-hydrogen) atoms. The molecule has 1 amide bonds. The number of hydrogen-bond acceptors (Lipinski definition) is 10. The van der Waals surface area contributed by atoms with Gasteiger partial charge in [-0.15, -0.1) is 0 Å². The molecule has 16 heteroatoms. The number of thiol groups is 1. The molecular weight excluding hydrogens is 562 g/mol. The summed E-state index contributed by atoms with van der Waals surface area (Å²) in [5, 5.41) is 11.4. The van der Waals surface area contributed by atoms with Gasteiger partial charge in [-0.2, -0.15) is 16.8 Å². The van der Waals surface area contributed by atoms with Crippen LogP contribution in [0.2, 0.25) is 0 Å². The SMILES string of the molecule is NC1=C(S(=O)(=O)O)C2OC3C(=C(C4CC(C(=O)NS)=CC=C4C(=O)O)C2CC1)C=CC1NC1C3S(=O)(=O)O. The number of nitrogens with one attached hydrogen (secondary N) is 2. The van der Waals surface area contributed by atoms with Crippen LogP contribution in [0, 0.1) is 11.8 Å². The van der Waals surface area contributed by atoms with E-state index in [4.69, 9.17) is 10.5 Å². The van der Waals surface area contributed by atoms with Crippen LogP contribution in [0.1, 0.15) is 19.3 Å². The Kier molecular flexibility index (Phi) is 6.65. The summed E-state index contributed by atoms with van der Waals surface area (Å²) >= 11 is 3.78. The van der Waals surface area contributed by atoms with Crippen molar-refractivity contribution in [3.8, 4) is 0 Å². The zero-order valence-corrected chi connectivity index (χ0v) is 22.0. The van der Waals surface area contributed by atoms with Crippen molar-refractivity contribution in [3.63, 3.8) is 0 Å². The standard InChI is InChI=1S/C22H25N3O10S3/c23-13-5-3-10-15(12-7-8(21(26)25-36)1-2-9(12)22(27)28)11-4-6-14-16(24-14)20(38(32,33)34)18(11)35-17(10)19(13)37(29,30)31/h1-2,4,6,10,12,14,16-18,20,24,36H,3,5,7,23H2,(H,25,26)(H,27,28)(H,29,30,31)(H,32,33,34). The van der Waals surface area contributed by atoms with Crippen molar-refractivity contribution in [1.29, 1.82) is 0 Å². The lowest BCUT2D eigenvalue weighted by Crippen LogP contribution is -2.52. The largest absolute Gasteiger partial charge is 0.478 e. The van der Waals surface area contributed by atoms with Crippen LogP contribution in [0.25, 0.3) is 0 Å². The molecule has 1 fully saturated rings. The molecule has 7 atom stereocenters. The average molecular weight is 588 g/mol. The lowest BCUT2D eigenvalue weighted by atomic mass is 9.68. The van der Waals surface area contributed by atoms with Gasteiger partial charge in [-0.3, -0.25) is 18.6 Å². The Morgan fingerprint density at radius 3 is 2.47 bits per heavy atom. The van der Waals surface area contributed by atoms with Gasteiger partial charge in [-0.05, 0) is 24.8 Å². The van der Waals surface area contributed by atoms with Crippen LogP contribution in [0.15, 0.2) is 57.2 Å². The molecule has 0 bridgehead atoms. The maximum Gasteiger partial charge on any atom is 0.332 e. The van der Waals surface area contributed by atoms with Crippen LogP contribution >= 0.6 is 12.8 Å². The number of aliphatic carboxylic acids is 1. The first kappa shape index (κ1) is 27.1. The highest BCUT2D eigenvalue weighted by atomic mass is 32.2. The summed E-state index contributed by atoms with van der Waals surface area (Å²) < 4.78 is 78.5. The highest BCUT2D eigenvalue weighted by Gasteiger charge is 2.58. The number of allylic oxidation sites excluding steroid dienone is 3. The number of carbonyl (C=O) groups excluding carboxylic acids is 1. The first-order valence-corrected chi connectivity index (χ1v) is 15.0. The van der Waals surface area contributed by atoms with Crippen LogP contribution in [-0.2, 0) is 34.6 Å². The van der Waals surface area contributed by atoms with E-state index in [0.29, 0.717) is 5.57 Å². The number of fused-ring (bicyclic) bond motifs is 3. The number of carboxylic acids is 1. The predicted molar refractivity (Wildman–Crippen MR) is 135 cm³/mol. The number of nitrogens with two attached hydrogens (primary N) is 1. The Bertz CT molecular complexity index is 1490. The first-order valence-electron chi connectivity index (χ1n) is 11.6. The van der Waals surface area contributed by atoms with Crippen LogP contribution in [0.4, 0.5) is 0 Å². The molecule has 0 aromatic heterocycles. The van der Waals surface area contributed by atoms with E-state index in [9.17, 15) is 40.6 Å². The second-order valence-electron chi connectivity index (χ2n) is 9.77. The second-order valence-corrected chi connectivity index (χ2v) is 13.0. The fourth-order valence-corrected chi connectivity index (χ4v) is 8.31. The molecule has 0 aromatic carbocycles. The van der Waals surface area contributed by atoms with Crippen molar-refractivity contribution < 1.29 is 45.4 Å². The van der Waals surface area contributed by atoms with Gasteiger partial charge in [0.2, 0.25) is 0 Å². The lowest BCUT2D eigenvalue weighted by molar-refractivity contribution is -0.133. The Morgan fingerprint density at radius 2 is 1.87 bits per heavy atom. The maximum absolute atomic E-state index is 12.6. The van der Waals surface area contributed by atoms with Crippen LogP contribution in [0.5, 0.6) is 0 Å². The second kappa shape index (κ2) is 9.32. The highest BCUT2D eigenvalue weighted by Crippen LogP contribution is 2.51. The monoisotopic (exact) mass is 587 g/mol. The summed E-state index contributed by atoms with van der Waals surface area (Å²) in [6, 6.07) is -1.19. The van der Waals surface area contributed by atoms with E-state index in [-0.39, 0.29) is 41.7 Å². The molecular formula is C22H25N3O10S3. The van der Waals surface area contributed by atoms with Crippen molar-refractivity contribution in [2.75, 3.05) is 0 Å². The van der Waals surface area contributed by atoms with E-state index < -0.39 is 78.4 Å². The van der Waals surface area contributed by atoms with Gasteiger partial charge in [-0.1, -0.05) is 42.7 Å². The summed E-state index contributed by atoms with van der Waals surface area (Å²) in [6.45, 7) is 0. The summed E-state index contributed by atoms with van der Waals surface area (Å²) in [7, 11) is -9.70. The molecule has 5 rings (SSSR count). The average Bonchev–Trinajstić information content (AvgIpc) is 3.59. The van der Waals surface area contributed by atoms with Crippen molar-refractivity contribution in [2.45, 2.75) is 48.8 Å². The maximum atomic E-state index is 12.6. The molecule has 1 saturated heterocycles. The van der Waals surface area contributed by atoms with Gasteiger partial charge < -0.3 is 20.9 Å². The fourth-order valence-electron chi connectivity index (χ4n) is 6.07. The van der Waals surface area contributed by atoms with Crippen molar-refractivity contribution in [2.24, 2.45) is 17.6 Å². The molecule has 7 unspecified atom stereocenters. The number of carbonyl (C=O) groups is 2. The normalized spacial score (nSPS) is 34.8. The third kappa shape index (κ3) is 4.53. The number of ether oxygens (including phenoxy) is 1. The van der Waals surface area contributed by atoms with Crippen LogP contribution < -0.4 is 15.8 Å². The molecule has 5 aliphatic rings. The molecule has 2 heterocycles. The van der Waals surface area contributed by atoms with Gasteiger partial charge in [0, 0.05) is 40.8 Å². The molecule has 7 N–H and O–H groups in total. The van der Waals surface area contributed by atoms with Crippen LogP contribution in [0.3, 0.4) is 0 Å². The number of amides is 1. The molecule has 0 radical (unpaired) electrons. The molecule has 2 aliphatic heterocycles. The molecule has 0 aromatic rings. The van der Waals surface area contributed by atoms with Gasteiger partial charge in [-0.25, -0.2) is 4.79 Å². The predicted octanol–water partition coefficient (Wildman–Crippen LogP) is -0.397. The zero-order valence-electron chi connectivity index (χ0n) is 19.5. The topological polar surface area (TPSA) is 232 Å². The summed E-state index contributed by atoms with van der Waals surface area (Å²) in [6.07, 6.45) is 3.07. The third-order valence-electron chi connectivity index (χ3n) is 7.70. The van der Waals surface area contributed by atoms with Gasteiger partial charge in [0.15, 0.2) is 0 Å². The number of hydrogen-bond donors (Lipinski definition) is 7. The van der Waals surface area contributed by atoms with Crippen molar-refractivity contribution in [1.82, 2.24) is 10.0 Å². The van der Waals surface area contributed by atoms with E-state index in [0.717, 1.165) is 0 Å². The molecule has 0 saturated carbocycles. The van der Waals surface area contributed by atoms with Gasteiger partial charge >= 0.3 is 5.97 Å². The Hall–Kier alpha value is -2.47. The molecule has 13 nitrogen and oxygen atoms in total. The molecule has 0 spiro atoms. The molecule has 206 valence electrons. The fraction of sp³-hybridized carbons (Fsp3) is 0.455. The van der Waals surface area contributed by atoms with Crippen LogP contribution in [-0.4, -0.2) is 72.5 Å². The van der Waals surface area contributed by atoms with Gasteiger partial charge in [0.25, 0.3) is 26.1 Å². The van der Waals surface area contributed by atoms with Crippen molar-refractivity contribution >= 4 is 44.9 Å². The van der Waals surface area contributed by atoms with E-state index in [2.05, 4.69) is 22.9 Å². The Labute approximate surface area is 223 Å². The summed E-state index contributed by atoms with van der Waals surface area (Å²) in [5.74, 6) is -3.71. The van der Waals surface area contributed by atoms with Gasteiger partial charge in [0.1, 0.15) is 22.4 Å². The van der Waals surface area contributed by atoms with E-state index in [1.165, 1.54) is 12.2 Å². The Morgan fingerprint density at radius 1 is 1.16 bits per heavy atom. The smallest absolute Gasteiger partial charge is 0.332 e. The zero-order chi connectivity index (χ0) is 27.7. The molecule has 3 aliphatic carbocycles. The Balaban J connectivity index is 1.76. The minimum absolute atomic E-state index is 0.0258. The van der Waals surface area contributed by atoms with Gasteiger partial charge in [0.05, 0.1) is 0 Å². The third-order valence-corrected chi connectivity index (χ3v) is 10.2. The van der Waals surface area contributed by atoms with Crippen molar-refractivity contribution in [3.05, 3.63) is 57.2 Å². The number of carboxylic acid groups (broad SMARTS) is 1. The van der Waals surface area contributed by atoms with E-state index in [1.54, 1.807) is 12.2 Å². The van der Waals surface area contributed by atoms with E-state index in [1.807, 2.05) is 0 Å². The minimum atomic E-state index is -4.92. The highest BCUT2D eigenvalue weighted by molar-refractivity contribution is 7.89. The lowest BCUT2D eigenvalue weighted by Gasteiger charge is -2.46. The number of rotatable bonds is 5. The summed E-state index contributed by atoms with van der Waals surface area (Å²) in [5.41, 5.74) is 6.51. The quantitative estimate of drug-likeness (QED) is 0.124. The van der Waals surface area contributed by atoms with E-state index >= 15 is 0 Å². The first-order chi connectivity index (χ1) is 17.7. The minimum Gasteiger partial charge on any atom is -0.478 e.